The number of piperidine rings is 2. The zero-order valence-corrected chi connectivity index (χ0v) is 13.5. The standard InChI is InChI=1S/C16H31N5/c1-20-12-6-16(7-13-20,21-10-3-2-4-11-21)14-19-15-17-8-5-9-18-15/h2-14H2,1H3,(H2,17,18,19). The van der Waals surface area contributed by atoms with Crippen molar-refractivity contribution in [1.82, 2.24) is 20.4 Å². The molecule has 0 aliphatic carbocycles. The Labute approximate surface area is 129 Å². The third-order valence-electron chi connectivity index (χ3n) is 5.43. The third-order valence-corrected chi connectivity index (χ3v) is 5.43. The fraction of sp³-hybridized carbons (Fsp3) is 0.938. The Bertz CT molecular complexity index is 354. The van der Waals surface area contributed by atoms with Crippen LogP contribution in [0.25, 0.3) is 0 Å². The second-order valence-electron chi connectivity index (χ2n) is 6.94. The molecule has 21 heavy (non-hydrogen) atoms. The molecule has 0 bridgehead atoms. The average molecular weight is 293 g/mol. The van der Waals surface area contributed by atoms with Crippen molar-refractivity contribution in [3.63, 3.8) is 0 Å². The van der Waals surface area contributed by atoms with Crippen molar-refractivity contribution in [2.75, 3.05) is 52.9 Å². The van der Waals surface area contributed by atoms with E-state index in [1.54, 1.807) is 0 Å². The van der Waals surface area contributed by atoms with Gasteiger partial charge in [0.05, 0.1) is 0 Å². The number of hydrogen-bond donors (Lipinski definition) is 2. The summed E-state index contributed by atoms with van der Waals surface area (Å²) in [5.74, 6) is 1.02. The van der Waals surface area contributed by atoms with E-state index in [1.807, 2.05) is 0 Å². The highest BCUT2D eigenvalue weighted by atomic mass is 15.3. The van der Waals surface area contributed by atoms with Crippen molar-refractivity contribution in [2.24, 2.45) is 4.99 Å². The molecule has 0 amide bonds. The van der Waals surface area contributed by atoms with E-state index < -0.39 is 0 Å². The lowest BCUT2D eigenvalue weighted by Gasteiger charge is -2.50. The second kappa shape index (κ2) is 6.97. The van der Waals surface area contributed by atoms with Gasteiger partial charge in [-0.25, -0.2) is 0 Å². The van der Waals surface area contributed by atoms with Crippen molar-refractivity contribution in [1.29, 1.82) is 0 Å². The number of aliphatic imine (C=N–C) groups is 1. The van der Waals surface area contributed by atoms with Crippen LogP contribution in [0.1, 0.15) is 38.5 Å². The molecule has 3 aliphatic heterocycles. The Hall–Kier alpha value is -0.810. The van der Waals surface area contributed by atoms with Gasteiger partial charge in [0.2, 0.25) is 0 Å². The molecule has 5 nitrogen and oxygen atoms in total. The lowest BCUT2D eigenvalue weighted by Crippen LogP contribution is -2.62. The van der Waals surface area contributed by atoms with Crippen molar-refractivity contribution < 1.29 is 0 Å². The second-order valence-corrected chi connectivity index (χ2v) is 6.94. The first-order valence-corrected chi connectivity index (χ1v) is 8.74. The van der Waals surface area contributed by atoms with Gasteiger partial charge in [-0.3, -0.25) is 9.89 Å². The third kappa shape index (κ3) is 3.69. The van der Waals surface area contributed by atoms with Crippen molar-refractivity contribution >= 4 is 5.96 Å². The van der Waals surface area contributed by atoms with Crippen molar-refractivity contribution in [3.05, 3.63) is 0 Å². The number of likely N-dealkylation sites (tertiary alicyclic amines) is 2. The highest BCUT2D eigenvalue weighted by Crippen LogP contribution is 2.30. The number of nitrogens with one attached hydrogen (secondary N) is 2. The van der Waals surface area contributed by atoms with E-state index in [-0.39, 0.29) is 0 Å². The first-order valence-electron chi connectivity index (χ1n) is 8.74. The minimum atomic E-state index is 0.342. The Morgan fingerprint density at radius 3 is 2.52 bits per heavy atom. The monoisotopic (exact) mass is 293 g/mol. The maximum Gasteiger partial charge on any atom is 0.191 e. The maximum absolute atomic E-state index is 4.57. The Kier molecular flexibility index (Phi) is 5.01. The topological polar surface area (TPSA) is 42.9 Å². The molecule has 3 rings (SSSR count). The summed E-state index contributed by atoms with van der Waals surface area (Å²) in [6.07, 6.45) is 7.88. The predicted molar refractivity (Wildman–Crippen MR) is 87.8 cm³/mol. The minimum absolute atomic E-state index is 0.342. The predicted octanol–water partition coefficient (Wildman–Crippen LogP) is 0.876. The number of nitrogens with zero attached hydrogens (tertiary/aromatic N) is 3. The molecule has 0 atom stereocenters. The quantitative estimate of drug-likeness (QED) is 0.810. The first-order chi connectivity index (χ1) is 10.3. The Balaban J connectivity index is 1.64. The van der Waals surface area contributed by atoms with E-state index in [9.17, 15) is 0 Å². The van der Waals surface area contributed by atoms with Crippen LogP contribution in [-0.4, -0.2) is 74.2 Å². The molecule has 5 heteroatoms. The highest BCUT2D eigenvalue weighted by Gasteiger charge is 2.39. The maximum atomic E-state index is 4.57. The molecule has 0 radical (unpaired) electrons. The van der Waals surface area contributed by atoms with Crippen LogP contribution in [0.15, 0.2) is 4.99 Å². The molecule has 2 N–H and O–H groups in total. The summed E-state index contributed by atoms with van der Waals surface area (Å²) in [6.45, 7) is 8.08. The van der Waals surface area contributed by atoms with Crippen LogP contribution in [0.2, 0.25) is 0 Å². The van der Waals surface area contributed by atoms with E-state index in [2.05, 4.69) is 32.5 Å². The lowest BCUT2D eigenvalue weighted by atomic mass is 9.84. The molecule has 0 aromatic carbocycles. The SMILES string of the molecule is CN1CCC(CNC2=NCCCN2)(N2CCCCC2)CC1. The molecule has 3 aliphatic rings. The summed E-state index contributed by atoms with van der Waals surface area (Å²) in [4.78, 5) is 9.82. The largest absolute Gasteiger partial charge is 0.356 e. The van der Waals surface area contributed by atoms with Gasteiger partial charge in [-0.2, -0.15) is 0 Å². The smallest absolute Gasteiger partial charge is 0.191 e. The van der Waals surface area contributed by atoms with E-state index in [1.165, 1.54) is 58.3 Å². The summed E-state index contributed by atoms with van der Waals surface area (Å²) < 4.78 is 0. The van der Waals surface area contributed by atoms with Crippen LogP contribution in [0, 0.1) is 0 Å². The minimum Gasteiger partial charge on any atom is -0.356 e. The normalized spacial score (nSPS) is 27.8. The fourth-order valence-corrected chi connectivity index (χ4v) is 3.91. The van der Waals surface area contributed by atoms with E-state index >= 15 is 0 Å². The molecule has 2 fully saturated rings. The van der Waals surface area contributed by atoms with Gasteiger partial charge < -0.3 is 15.5 Å². The molecule has 120 valence electrons. The van der Waals surface area contributed by atoms with E-state index in [0.29, 0.717) is 5.54 Å². The lowest BCUT2D eigenvalue weighted by molar-refractivity contribution is 0.0173. The van der Waals surface area contributed by atoms with Gasteiger partial charge >= 0.3 is 0 Å². The Morgan fingerprint density at radius 2 is 1.86 bits per heavy atom. The molecule has 0 saturated carbocycles. The summed E-state index contributed by atoms with van der Waals surface area (Å²) in [6, 6.07) is 0. The molecule has 0 unspecified atom stereocenters. The average Bonchev–Trinajstić information content (AvgIpc) is 2.57. The van der Waals surface area contributed by atoms with E-state index in [4.69, 9.17) is 0 Å². The van der Waals surface area contributed by atoms with Crippen LogP contribution >= 0.6 is 0 Å². The van der Waals surface area contributed by atoms with Gasteiger partial charge in [0.15, 0.2) is 5.96 Å². The van der Waals surface area contributed by atoms with Gasteiger partial charge in [-0.05, 0) is 65.3 Å². The zero-order chi connectivity index (χ0) is 14.5. The van der Waals surface area contributed by atoms with Gasteiger partial charge in [0.25, 0.3) is 0 Å². The van der Waals surface area contributed by atoms with Gasteiger partial charge in [-0.15, -0.1) is 0 Å². The van der Waals surface area contributed by atoms with Crippen LogP contribution in [0.5, 0.6) is 0 Å². The molecule has 0 aromatic heterocycles. The van der Waals surface area contributed by atoms with Gasteiger partial charge in [0, 0.05) is 25.2 Å². The summed E-state index contributed by atoms with van der Waals surface area (Å²) in [5, 5.41) is 7.02. The van der Waals surface area contributed by atoms with Crippen molar-refractivity contribution in [3.8, 4) is 0 Å². The van der Waals surface area contributed by atoms with Crippen LogP contribution in [-0.2, 0) is 0 Å². The molecular weight excluding hydrogens is 262 g/mol. The fourth-order valence-electron chi connectivity index (χ4n) is 3.91. The molecular formula is C16H31N5. The number of rotatable bonds is 3. The Morgan fingerprint density at radius 1 is 1.10 bits per heavy atom. The number of hydrogen-bond acceptors (Lipinski definition) is 5. The van der Waals surface area contributed by atoms with Crippen LogP contribution in [0.3, 0.4) is 0 Å². The molecule has 0 aromatic rings. The zero-order valence-electron chi connectivity index (χ0n) is 13.5. The van der Waals surface area contributed by atoms with Gasteiger partial charge in [0.1, 0.15) is 0 Å². The summed E-state index contributed by atoms with van der Waals surface area (Å²) in [7, 11) is 2.25. The van der Waals surface area contributed by atoms with Crippen molar-refractivity contribution in [2.45, 2.75) is 44.1 Å². The van der Waals surface area contributed by atoms with E-state index in [0.717, 1.165) is 32.0 Å². The van der Waals surface area contributed by atoms with Gasteiger partial charge in [-0.1, -0.05) is 6.42 Å². The highest BCUT2D eigenvalue weighted by molar-refractivity contribution is 5.80. The summed E-state index contributed by atoms with van der Waals surface area (Å²) in [5.41, 5.74) is 0.342. The molecule has 3 heterocycles. The van der Waals surface area contributed by atoms with Crippen LogP contribution < -0.4 is 10.6 Å². The summed E-state index contributed by atoms with van der Waals surface area (Å²) >= 11 is 0. The first kappa shape index (κ1) is 15.1. The molecule has 2 saturated heterocycles. The molecule has 0 spiro atoms. The van der Waals surface area contributed by atoms with Crippen LogP contribution in [0.4, 0.5) is 0 Å². The number of guanidine groups is 1.